The Morgan fingerprint density at radius 3 is 2.94 bits per heavy atom. The van der Waals surface area contributed by atoms with Gasteiger partial charge in [0.05, 0.1) is 46.3 Å². The normalized spacial score (nSPS) is 16.4. The molecule has 0 bridgehead atoms. The van der Waals surface area contributed by atoms with Gasteiger partial charge in [-0.2, -0.15) is 0 Å². The van der Waals surface area contributed by atoms with Crippen LogP contribution in [0.25, 0.3) is 33.7 Å². The summed E-state index contributed by atoms with van der Waals surface area (Å²) in [7, 11) is 0. The van der Waals surface area contributed by atoms with E-state index in [2.05, 4.69) is 19.9 Å². The summed E-state index contributed by atoms with van der Waals surface area (Å²) in [5, 5.41) is 9.80. The Morgan fingerprint density at radius 1 is 1.19 bits per heavy atom. The zero-order valence-corrected chi connectivity index (χ0v) is 18.1. The molecular formula is C24H22ClN5O2. The van der Waals surface area contributed by atoms with E-state index in [-0.39, 0.29) is 12.3 Å². The predicted molar refractivity (Wildman–Crippen MR) is 125 cm³/mol. The van der Waals surface area contributed by atoms with Crippen molar-refractivity contribution in [1.29, 1.82) is 0 Å². The van der Waals surface area contributed by atoms with Crippen molar-refractivity contribution in [3.63, 3.8) is 0 Å². The van der Waals surface area contributed by atoms with Crippen molar-refractivity contribution in [2.45, 2.75) is 19.3 Å². The fourth-order valence-corrected chi connectivity index (χ4v) is 4.56. The molecule has 0 amide bonds. The summed E-state index contributed by atoms with van der Waals surface area (Å²) in [6.07, 6.45) is 5.62. The van der Waals surface area contributed by atoms with E-state index in [0.717, 1.165) is 65.3 Å². The average molecular weight is 448 g/mol. The van der Waals surface area contributed by atoms with E-state index in [1.54, 1.807) is 6.33 Å². The summed E-state index contributed by atoms with van der Waals surface area (Å²) in [5.41, 5.74) is 5.85. The van der Waals surface area contributed by atoms with Crippen molar-refractivity contribution in [3.8, 4) is 22.6 Å². The molecule has 1 aliphatic rings. The average Bonchev–Trinajstić information content (AvgIpc) is 3.28. The highest BCUT2D eigenvalue weighted by Crippen LogP contribution is 2.31. The maximum atomic E-state index is 11.1. The number of imidazole rings is 1. The topological polar surface area (TPSA) is 95.0 Å². The van der Waals surface area contributed by atoms with E-state index >= 15 is 0 Å². The summed E-state index contributed by atoms with van der Waals surface area (Å²) in [6.45, 7) is 1.61. The second-order valence-electron chi connectivity index (χ2n) is 8.12. The molecular weight excluding hydrogens is 426 g/mol. The Bertz CT molecular complexity index is 1290. The van der Waals surface area contributed by atoms with Gasteiger partial charge in [0.25, 0.3) is 0 Å². The van der Waals surface area contributed by atoms with Gasteiger partial charge < -0.3 is 15.0 Å². The summed E-state index contributed by atoms with van der Waals surface area (Å²) >= 11 is 6.17. The van der Waals surface area contributed by atoms with Crippen LogP contribution in [0.1, 0.15) is 19.3 Å². The largest absolute Gasteiger partial charge is 0.481 e. The first-order chi connectivity index (χ1) is 15.6. The maximum absolute atomic E-state index is 11.1. The standard InChI is InChI=1S/C24H22ClN5O2/c25-17-5-1-4-16(10-17)23-24(28-14-27-23)20-7-6-19-21(29-20)11-18(12-26-19)30-8-2-3-15(13-30)9-22(31)32/h1,4-7,10-12,14-15H,2-3,8-9,13H2,(H,27,28)(H,31,32). The lowest BCUT2D eigenvalue weighted by atomic mass is 9.94. The molecule has 1 fully saturated rings. The van der Waals surface area contributed by atoms with Gasteiger partial charge in [-0.25, -0.2) is 9.97 Å². The van der Waals surface area contributed by atoms with Gasteiger partial charge >= 0.3 is 5.97 Å². The SMILES string of the molecule is O=C(O)CC1CCCN(c2cnc3ccc(-c4[nH]cnc4-c4cccc(Cl)c4)nc3c2)C1. The molecule has 0 saturated carbocycles. The molecule has 0 spiro atoms. The van der Waals surface area contributed by atoms with Crippen molar-refractivity contribution in [3.05, 3.63) is 60.0 Å². The number of carbonyl (C=O) groups is 1. The number of aromatic nitrogens is 4. The molecule has 1 aliphatic heterocycles. The zero-order chi connectivity index (χ0) is 22.1. The van der Waals surface area contributed by atoms with E-state index in [1.165, 1.54) is 0 Å². The van der Waals surface area contributed by atoms with Crippen LogP contribution in [0.4, 0.5) is 5.69 Å². The van der Waals surface area contributed by atoms with Gasteiger partial charge in [0.1, 0.15) is 0 Å². The molecule has 0 aliphatic carbocycles. The fraction of sp³-hybridized carbons (Fsp3) is 0.250. The lowest BCUT2D eigenvalue weighted by Gasteiger charge is -2.33. The molecule has 32 heavy (non-hydrogen) atoms. The van der Waals surface area contributed by atoms with E-state index in [4.69, 9.17) is 21.7 Å². The van der Waals surface area contributed by atoms with E-state index in [1.807, 2.05) is 48.7 Å². The quantitative estimate of drug-likeness (QED) is 0.445. The van der Waals surface area contributed by atoms with E-state index in [9.17, 15) is 4.79 Å². The van der Waals surface area contributed by atoms with Crippen molar-refractivity contribution in [1.82, 2.24) is 19.9 Å². The minimum absolute atomic E-state index is 0.154. The summed E-state index contributed by atoms with van der Waals surface area (Å²) in [6, 6.07) is 13.5. The number of hydrogen-bond acceptors (Lipinski definition) is 5. The molecule has 8 heteroatoms. The van der Waals surface area contributed by atoms with Crippen molar-refractivity contribution in [2.24, 2.45) is 5.92 Å². The smallest absolute Gasteiger partial charge is 0.303 e. The number of halogens is 1. The highest BCUT2D eigenvalue weighted by Gasteiger charge is 2.23. The van der Waals surface area contributed by atoms with Crippen LogP contribution in [0.3, 0.4) is 0 Å². The molecule has 162 valence electrons. The van der Waals surface area contributed by atoms with Crippen LogP contribution in [0.2, 0.25) is 5.02 Å². The molecule has 4 aromatic rings. The van der Waals surface area contributed by atoms with Crippen LogP contribution < -0.4 is 4.90 Å². The van der Waals surface area contributed by atoms with Crippen LogP contribution in [-0.4, -0.2) is 44.1 Å². The number of nitrogens with zero attached hydrogens (tertiary/aromatic N) is 4. The van der Waals surface area contributed by atoms with E-state index in [0.29, 0.717) is 5.02 Å². The Balaban J connectivity index is 1.48. The second kappa shape index (κ2) is 8.59. The summed E-state index contributed by atoms with van der Waals surface area (Å²) < 4.78 is 0. The van der Waals surface area contributed by atoms with Gasteiger partial charge in [-0.15, -0.1) is 0 Å². The molecule has 1 unspecified atom stereocenters. The highest BCUT2D eigenvalue weighted by atomic mass is 35.5. The monoisotopic (exact) mass is 447 g/mol. The third-order valence-electron chi connectivity index (χ3n) is 5.86. The Kier molecular flexibility index (Phi) is 5.49. The third-order valence-corrected chi connectivity index (χ3v) is 6.10. The third kappa shape index (κ3) is 4.16. The van der Waals surface area contributed by atoms with Gasteiger partial charge in [0.2, 0.25) is 0 Å². The number of H-pyrrole nitrogens is 1. The molecule has 1 saturated heterocycles. The molecule has 2 N–H and O–H groups in total. The fourth-order valence-electron chi connectivity index (χ4n) is 4.37. The van der Waals surface area contributed by atoms with Crippen molar-refractivity contribution < 1.29 is 9.90 Å². The molecule has 4 heterocycles. The predicted octanol–water partition coefficient (Wildman–Crippen LogP) is 5.03. The number of aliphatic carboxylic acids is 1. The Labute approximate surface area is 190 Å². The molecule has 1 atom stereocenters. The van der Waals surface area contributed by atoms with Crippen molar-refractivity contribution >= 4 is 34.3 Å². The number of carboxylic acid groups (broad SMARTS) is 1. The first kappa shape index (κ1) is 20.5. The number of piperidine rings is 1. The minimum atomic E-state index is -0.741. The first-order valence-electron chi connectivity index (χ1n) is 10.6. The van der Waals surface area contributed by atoms with Gasteiger partial charge in [0, 0.05) is 30.1 Å². The number of carboxylic acids is 1. The number of nitrogens with one attached hydrogen (secondary N) is 1. The van der Waals surface area contributed by atoms with E-state index < -0.39 is 5.97 Å². The number of aromatic amines is 1. The lowest BCUT2D eigenvalue weighted by Crippen LogP contribution is -2.36. The van der Waals surface area contributed by atoms with Crippen LogP contribution in [0.5, 0.6) is 0 Å². The number of anilines is 1. The zero-order valence-electron chi connectivity index (χ0n) is 17.3. The highest BCUT2D eigenvalue weighted by molar-refractivity contribution is 6.30. The van der Waals surface area contributed by atoms with Gasteiger partial charge in [-0.1, -0.05) is 23.7 Å². The number of rotatable bonds is 5. The summed E-state index contributed by atoms with van der Waals surface area (Å²) in [4.78, 5) is 30.5. The molecule has 1 aromatic carbocycles. The molecule has 5 rings (SSSR count). The summed E-state index contributed by atoms with van der Waals surface area (Å²) in [5.74, 6) is -0.587. The first-order valence-corrected chi connectivity index (χ1v) is 11.0. The number of hydrogen-bond donors (Lipinski definition) is 2. The maximum Gasteiger partial charge on any atom is 0.303 e. The van der Waals surface area contributed by atoms with Gasteiger partial charge in [-0.3, -0.25) is 9.78 Å². The number of benzene rings is 1. The lowest BCUT2D eigenvalue weighted by molar-refractivity contribution is -0.138. The van der Waals surface area contributed by atoms with Gasteiger partial charge in [-0.05, 0) is 49.1 Å². The Hall–Kier alpha value is -3.45. The molecule has 0 radical (unpaired) electrons. The van der Waals surface area contributed by atoms with Crippen LogP contribution in [0.15, 0.2) is 55.0 Å². The van der Waals surface area contributed by atoms with Gasteiger partial charge in [0.15, 0.2) is 0 Å². The minimum Gasteiger partial charge on any atom is -0.481 e. The number of pyridine rings is 2. The van der Waals surface area contributed by atoms with Crippen LogP contribution in [-0.2, 0) is 4.79 Å². The molecule has 7 nitrogen and oxygen atoms in total. The van der Waals surface area contributed by atoms with Crippen molar-refractivity contribution in [2.75, 3.05) is 18.0 Å². The second-order valence-corrected chi connectivity index (χ2v) is 8.55. The number of fused-ring (bicyclic) bond motifs is 1. The van der Waals surface area contributed by atoms with Crippen LogP contribution in [0, 0.1) is 5.92 Å². The Morgan fingerprint density at radius 2 is 2.09 bits per heavy atom. The van der Waals surface area contributed by atoms with Crippen LogP contribution >= 0.6 is 11.6 Å². The molecule has 3 aromatic heterocycles.